The zero-order valence-electron chi connectivity index (χ0n) is 10.5. The van der Waals surface area contributed by atoms with Gasteiger partial charge in [0, 0.05) is 0 Å². The minimum absolute atomic E-state index is 0.00702. The van der Waals surface area contributed by atoms with Crippen LogP contribution in [0.1, 0.15) is 10.4 Å². The molecule has 0 spiro atoms. The molecule has 0 aliphatic carbocycles. The number of benzene rings is 2. The van der Waals surface area contributed by atoms with Gasteiger partial charge in [0.1, 0.15) is 5.82 Å². The van der Waals surface area contributed by atoms with Gasteiger partial charge in [-0.25, -0.2) is 4.39 Å². The zero-order valence-corrected chi connectivity index (χ0v) is 12.8. The van der Waals surface area contributed by atoms with Crippen molar-refractivity contribution in [2.75, 3.05) is 5.32 Å². The zero-order chi connectivity index (χ0) is 15.4. The van der Waals surface area contributed by atoms with E-state index in [2.05, 4.69) is 10.6 Å². The molecule has 3 nitrogen and oxygen atoms in total. The van der Waals surface area contributed by atoms with Gasteiger partial charge in [0.15, 0.2) is 5.11 Å². The molecule has 2 aromatic rings. The summed E-state index contributed by atoms with van der Waals surface area (Å²) >= 11 is 16.8. The quantitative estimate of drug-likeness (QED) is 0.801. The Morgan fingerprint density at radius 2 is 1.81 bits per heavy atom. The molecule has 0 unspecified atom stereocenters. The number of carbonyl (C=O) groups is 1. The lowest BCUT2D eigenvalue weighted by atomic mass is 10.2. The normalized spacial score (nSPS) is 10.0. The van der Waals surface area contributed by atoms with E-state index in [4.69, 9.17) is 35.4 Å². The van der Waals surface area contributed by atoms with Gasteiger partial charge < -0.3 is 5.32 Å². The summed E-state index contributed by atoms with van der Waals surface area (Å²) < 4.78 is 13.5. The molecule has 7 heteroatoms. The van der Waals surface area contributed by atoms with E-state index in [1.807, 2.05) is 0 Å². The number of hydrogen-bond donors (Lipinski definition) is 2. The maximum atomic E-state index is 13.5. The van der Waals surface area contributed by atoms with Crippen LogP contribution in [-0.4, -0.2) is 11.0 Å². The third-order valence-electron chi connectivity index (χ3n) is 2.55. The summed E-state index contributed by atoms with van der Waals surface area (Å²) in [7, 11) is 0. The van der Waals surface area contributed by atoms with Crippen LogP contribution in [0.4, 0.5) is 10.1 Å². The summed E-state index contributed by atoms with van der Waals surface area (Å²) in [4.78, 5) is 11.9. The van der Waals surface area contributed by atoms with Crippen molar-refractivity contribution in [1.82, 2.24) is 5.32 Å². The third kappa shape index (κ3) is 3.91. The van der Waals surface area contributed by atoms with E-state index in [0.29, 0.717) is 10.7 Å². The van der Waals surface area contributed by atoms with E-state index >= 15 is 0 Å². The molecule has 0 aromatic heterocycles. The van der Waals surface area contributed by atoms with Crippen LogP contribution in [0.25, 0.3) is 0 Å². The number of rotatable bonds is 2. The highest BCUT2D eigenvalue weighted by molar-refractivity contribution is 7.80. The topological polar surface area (TPSA) is 41.1 Å². The molecule has 0 aliphatic heterocycles. The highest BCUT2D eigenvalue weighted by atomic mass is 35.5. The van der Waals surface area contributed by atoms with E-state index in [-0.39, 0.29) is 15.7 Å². The number of hydrogen-bond acceptors (Lipinski definition) is 2. The van der Waals surface area contributed by atoms with Crippen LogP contribution >= 0.6 is 35.4 Å². The van der Waals surface area contributed by atoms with Crippen LogP contribution in [0.3, 0.4) is 0 Å². The van der Waals surface area contributed by atoms with Crippen LogP contribution in [0.2, 0.25) is 10.0 Å². The summed E-state index contributed by atoms with van der Waals surface area (Å²) in [6.45, 7) is 0. The number of thiocarbonyl (C=S) groups is 1. The lowest BCUT2D eigenvalue weighted by Crippen LogP contribution is -2.34. The molecule has 0 radical (unpaired) electrons. The first-order chi connectivity index (χ1) is 9.99. The number of carbonyl (C=O) groups excluding carboxylic acids is 1. The molecule has 0 heterocycles. The van der Waals surface area contributed by atoms with Crippen LogP contribution in [0, 0.1) is 5.82 Å². The number of nitrogens with one attached hydrogen (secondary N) is 2. The van der Waals surface area contributed by atoms with Gasteiger partial charge in [-0.3, -0.25) is 10.1 Å². The lowest BCUT2D eigenvalue weighted by molar-refractivity contribution is 0.0974. The molecule has 0 bridgehead atoms. The maximum absolute atomic E-state index is 13.5. The number of amides is 1. The third-order valence-corrected chi connectivity index (χ3v) is 3.57. The van der Waals surface area contributed by atoms with Gasteiger partial charge in [-0.05, 0) is 36.5 Å². The average Bonchev–Trinajstić information content (AvgIpc) is 2.44. The molecule has 0 saturated heterocycles. The molecular formula is C14H9Cl2FN2OS. The molecule has 2 rings (SSSR count). The van der Waals surface area contributed by atoms with Crippen molar-refractivity contribution in [3.63, 3.8) is 0 Å². The number of halogens is 3. The smallest absolute Gasteiger partial charge is 0.260 e. The summed E-state index contributed by atoms with van der Waals surface area (Å²) in [5.41, 5.74) is 0.349. The predicted octanol–water partition coefficient (Wildman–Crippen LogP) is 4.26. The fourth-order valence-electron chi connectivity index (χ4n) is 1.57. The second kappa shape index (κ2) is 6.85. The average molecular weight is 343 g/mol. The van der Waals surface area contributed by atoms with Gasteiger partial charge >= 0.3 is 0 Å². The number of anilines is 1. The Kier molecular flexibility index (Phi) is 5.12. The summed E-state index contributed by atoms with van der Waals surface area (Å²) in [5, 5.41) is 5.73. The molecule has 2 aromatic carbocycles. The lowest BCUT2D eigenvalue weighted by Gasteiger charge is -2.11. The van der Waals surface area contributed by atoms with Crippen molar-refractivity contribution in [2.45, 2.75) is 0 Å². The minimum atomic E-state index is -0.649. The fraction of sp³-hybridized carbons (Fsp3) is 0. The Morgan fingerprint density at radius 3 is 2.52 bits per heavy atom. The molecular weight excluding hydrogens is 334 g/mol. The van der Waals surface area contributed by atoms with Gasteiger partial charge in [-0.1, -0.05) is 41.4 Å². The highest BCUT2D eigenvalue weighted by Gasteiger charge is 2.13. The van der Waals surface area contributed by atoms with E-state index in [1.165, 1.54) is 18.2 Å². The van der Waals surface area contributed by atoms with Crippen LogP contribution in [-0.2, 0) is 0 Å². The molecule has 21 heavy (non-hydrogen) atoms. The van der Waals surface area contributed by atoms with Crippen LogP contribution < -0.4 is 10.6 Å². The SMILES string of the molecule is O=C(NC(=S)Nc1cccc(Cl)c1Cl)c1ccccc1F. The standard InChI is InChI=1S/C14H9Cl2FN2OS/c15-9-5-3-7-11(12(9)16)18-14(21)19-13(20)8-4-1-2-6-10(8)17/h1-7H,(H2,18,19,20,21). The van der Waals surface area contributed by atoms with Gasteiger partial charge in [0.25, 0.3) is 5.91 Å². The Morgan fingerprint density at radius 1 is 1.10 bits per heavy atom. The fourth-order valence-corrected chi connectivity index (χ4v) is 2.12. The van der Waals surface area contributed by atoms with E-state index in [1.54, 1.807) is 24.3 Å². The maximum Gasteiger partial charge on any atom is 0.260 e. The molecule has 2 N–H and O–H groups in total. The monoisotopic (exact) mass is 342 g/mol. The first-order valence-electron chi connectivity index (χ1n) is 5.80. The molecule has 0 fully saturated rings. The van der Waals surface area contributed by atoms with Crippen molar-refractivity contribution in [3.05, 3.63) is 63.9 Å². The van der Waals surface area contributed by atoms with Crippen molar-refractivity contribution < 1.29 is 9.18 Å². The van der Waals surface area contributed by atoms with Gasteiger partial charge in [0.2, 0.25) is 0 Å². The first kappa shape index (κ1) is 15.7. The van der Waals surface area contributed by atoms with E-state index in [9.17, 15) is 9.18 Å². The predicted molar refractivity (Wildman–Crippen MR) is 86.5 cm³/mol. The van der Waals surface area contributed by atoms with E-state index < -0.39 is 11.7 Å². The summed E-state index contributed by atoms with van der Waals surface area (Å²) in [5.74, 6) is -1.28. The molecule has 0 aliphatic rings. The Bertz CT molecular complexity index is 709. The van der Waals surface area contributed by atoms with E-state index in [0.717, 1.165) is 0 Å². The molecule has 1 amide bonds. The van der Waals surface area contributed by atoms with Crippen molar-refractivity contribution in [1.29, 1.82) is 0 Å². The minimum Gasteiger partial charge on any atom is -0.331 e. The van der Waals surface area contributed by atoms with Crippen molar-refractivity contribution in [3.8, 4) is 0 Å². The molecule has 108 valence electrons. The van der Waals surface area contributed by atoms with Gasteiger partial charge in [-0.15, -0.1) is 0 Å². The van der Waals surface area contributed by atoms with Crippen molar-refractivity contribution >= 4 is 52.1 Å². The summed E-state index contributed by atoms with van der Waals surface area (Å²) in [6, 6.07) is 10.6. The highest BCUT2D eigenvalue weighted by Crippen LogP contribution is 2.29. The summed E-state index contributed by atoms with van der Waals surface area (Å²) in [6.07, 6.45) is 0. The Labute approximate surface area is 136 Å². The van der Waals surface area contributed by atoms with Crippen LogP contribution in [0.5, 0.6) is 0 Å². The second-order valence-electron chi connectivity index (χ2n) is 3.99. The van der Waals surface area contributed by atoms with Gasteiger partial charge in [-0.2, -0.15) is 0 Å². The largest absolute Gasteiger partial charge is 0.331 e. The molecule has 0 atom stereocenters. The van der Waals surface area contributed by atoms with Crippen molar-refractivity contribution in [2.24, 2.45) is 0 Å². The van der Waals surface area contributed by atoms with Crippen LogP contribution in [0.15, 0.2) is 42.5 Å². The van der Waals surface area contributed by atoms with Gasteiger partial charge in [0.05, 0.1) is 21.3 Å². The molecule has 0 saturated carbocycles. The Hall–Kier alpha value is -1.69. The second-order valence-corrected chi connectivity index (χ2v) is 5.18. The Balaban J connectivity index is 2.07. The first-order valence-corrected chi connectivity index (χ1v) is 6.96.